The first-order valence-corrected chi connectivity index (χ1v) is 9.21. The lowest BCUT2D eigenvalue weighted by atomic mass is 9.90. The zero-order chi connectivity index (χ0) is 18.3. The molecule has 1 atom stereocenters. The number of piperazine rings is 1. The second kappa shape index (κ2) is 6.72. The summed E-state index contributed by atoms with van der Waals surface area (Å²) in [5.41, 5.74) is 2.08. The van der Waals surface area contributed by atoms with Gasteiger partial charge in [0.15, 0.2) is 0 Å². The molecule has 1 unspecified atom stereocenters. The van der Waals surface area contributed by atoms with Gasteiger partial charge >= 0.3 is 6.03 Å². The molecule has 1 N–H and O–H groups in total. The molecule has 0 radical (unpaired) electrons. The zero-order valence-electron chi connectivity index (χ0n) is 13.9. The van der Waals surface area contributed by atoms with E-state index in [1.807, 2.05) is 24.3 Å². The van der Waals surface area contributed by atoms with Crippen LogP contribution in [0.2, 0.25) is 0 Å². The van der Waals surface area contributed by atoms with E-state index in [-0.39, 0.29) is 30.3 Å². The molecule has 3 amide bonds. The van der Waals surface area contributed by atoms with Crippen LogP contribution >= 0.6 is 15.9 Å². The molecule has 2 heterocycles. The van der Waals surface area contributed by atoms with Crippen molar-refractivity contribution in [3.05, 3.63) is 63.9 Å². The lowest BCUT2D eigenvalue weighted by molar-refractivity contribution is -0.139. The second-order valence-corrected chi connectivity index (χ2v) is 7.31. The minimum Gasteiger partial charge on any atom is -0.332 e. The van der Waals surface area contributed by atoms with Gasteiger partial charge in [0.25, 0.3) is 0 Å². The number of carbonyl (C=O) groups excluding carboxylic acids is 2. The zero-order valence-corrected chi connectivity index (χ0v) is 15.5. The Morgan fingerprint density at radius 2 is 2.00 bits per heavy atom. The van der Waals surface area contributed by atoms with E-state index in [2.05, 4.69) is 21.2 Å². The summed E-state index contributed by atoms with van der Waals surface area (Å²) in [6.45, 7) is 0.854. The van der Waals surface area contributed by atoms with Crippen LogP contribution in [-0.4, -0.2) is 41.4 Å². The third kappa shape index (κ3) is 2.96. The summed E-state index contributed by atoms with van der Waals surface area (Å²) in [5, 5.41) is 2.83. The summed E-state index contributed by atoms with van der Waals surface area (Å²) in [4.78, 5) is 28.5. The highest BCUT2D eigenvalue weighted by Gasteiger charge is 2.39. The Labute approximate surface area is 158 Å². The number of hydrogen-bond donors (Lipinski definition) is 1. The Hall–Kier alpha value is -2.41. The van der Waals surface area contributed by atoms with Crippen molar-refractivity contribution in [2.45, 2.75) is 12.5 Å². The number of rotatable bonds is 1. The van der Waals surface area contributed by atoms with Crippen molar-refractivity contribution in [2.75, 3.05) is 25.0 Å². The fourth-order valence-corrected chi connectivity index (χ4v) is 4.03. The monoisotopic (exact) mass is 417 g/mol. The fraction of sp³-hybridized carbons (Fsp3) is 0.263. The highest BCUT2D eigenvalue weighted by Crippen LogP contribution is 2.34. The standard InChI is InChI=1S/C19H17BrFN3O2/c20-14-5-1-2-7-16(14)22-19(26)23-10-17-13-4-3-6-15(21)12(13)8-9-24(17)18(25)11-23/h1-7,17H,8-11H2,(H,22,26). The Morgan fingerprint density at radius 1 is 1.19 bits per heavy atom. The molecule has 0 aliphatic carbocycles. The summed E-state index contributed by atoms with van der Waals surface area (Å²) >= 11 is 3.40. The van der Waals surface area contributed by atoms with Gasteiger partial charge in [-0.1, -0.05) is 24.3 Å². The maximum absolute atomic E-state index is 14.1. The second-order valence-electron chi connectivity index (χ2n) is 6.45. The van der Waals surface area contributed by atoms with Crippen molar-refractivity contribution in [2.24, 2.45) is 0 Å². The molecule has 2 aliphatic rings. The summed E-state index contributed by atoms with van der Waals surface area (Å²) < 4.78 is 14.9. The van der Waals surface area contributed by atoms with Crippen molar-refractivity contribution in [3.8, 4) is 0 Å². The molecule has 2 aliphatic heterocycles. The number of amides is 3. The Morgan fingerprint density at radius 3 is 2.81 bits per heavy atom. The molecule has 0 aromatic heterocycles. The van der Waals surface area contributed by atoms with E-state index in [0.717, 1.165) is 10.0 Å². The number of anilines is 1. The van der Waals surface area contributed by atoms with Crippen molar-refractivity contribution in [1.82, 2.24) is 9.80 Å². The van der Waals surface area contributed by atoms with Crippen LogP contribution in [0.4, 0.5) is 14.9 Å². The third-order valence-corrected chi connectivity index (χ3v) is 5.63. The fourth-order valence-electron chi connectivity index (χ4n) is 3.64. The Kier molecular flexibility index (Phi) is 4.40. The first-order valence-electron chi connectivity index (χ1n) is 8.42. The summed E-state index contributed by atoms with van der Waals surface area (Å²) in [7, 11) is 0. The van der Waals surface area contributed by atoms with E-state index in [4.69, 9.17) is 0 Å². The Balaban J connectivity index is 1.58. The molecule has 1 saturated heterocycles. The molecule has 0 saturated carbocycles. The van der Waals surface area contributed by atoms with Crippen LogP contribution in [0, 0.1) is 5.82 Å². The predicted molar refractivity (Wildman–Crippen MR) is 99.3 cm³/mol. The van der Waals surface area contributed by atoms with Crippen LogP contribution in [0.15, 0.2) is 46.9 Å². The predicted octanol–water partition coefficient (Wildman–Crippen LogP) is 3.56. The van der Waals surface area contributed by atoms with Gasteiger partial charge in [0, 0.05) is 17.6 Å². The van der Waals surface area contributed by atoms with E-state index in [1.54, 1.807) is 17.0 Å². The number of hydrogen-bond acceptors (Lipinski definition) is 2. The van der Waals surface area contributed by atoms with Gasteiger partial charge in [-0.05, 0) is 51.7 Å². The smallest absolute Gasteiger partial charge is 0.322 e. The number of fused-ring (bicyclic) bond motifs is 3. The highest BCUT2D eigenvalue weighted by atomic mass is 79.9. The lowest BCUT2D eigenvalue weighted by Gasteiger charge is -2.44. The van der Waals surface area contributed by atoms with Gasteiger partial charge in [0.05, 0.1) is 11.7 Å². The number of nitrogens with one attached hydrogen (secondary N) is 1. The van der Waals surface area contributed by atoms with Gasteiger partial charge in [-0.15, -0.1) is 0 Å². The molecule has 2 aromatic rings. The first kappa shape index (κ1) is 17.0. The van der Waals surface area contributed by atoms with Crippen LogP contribution in [-0.2, 0) is 11.2 Å². The van der Waals surface area contributed by atoms with Gasteiger partial charge in [-0.2, -0.15) is 0 Å². The number of para-hydroxylation sites is 1. The average Bonchev–Trinajstić information content (AvgIpc) is 2.63. The number of benzene rings is 2. The van der Waals surface area contributed by atoms with E-state index in [1.165, 1.54) is 11.0 Å². The molecule has 26 heavy (non-hydrogen) atoms. The highest BCUT2D eigenvalue weighted by molar-refractivity contribution is 9.10. The number of carbonyl (C=O) groups is 2. The molecule has 0 spiro atoms. The Bertz CT molecular complexity index is 889. The van der Waals surface area contributed by atoms with Crippen LogP contribution in [0.25, 0.3) is 0 Å². The molecule has 5 nitrogen and oxygen atoms in total. The molecular weight excluding hydrogens is 401 g/mol. The molecule has 1 fully saturated rings. The third-order valence-electron chi connectivity index (χ3n) is 4.94. The van der Waals surface area contributed by atoms with E-state index in [0.29, 0.717) is 30.8 Å². The van der Waals surface area contributed by atoms with Crippen LogP contribution < -0.4 is 5.32 Å². The topological polar surface area (TPSA) is 52.7 Å². The average molecular weight is 418 g/mol. The van der Waals surface area contributed by atoms with Crippen LogP contribution in [0.5, 0.6) is 0 Å². The molecule has 134 valence electrons. The summed E-state index contributed by atoms with van der Waals surface area (Å²) in [6, 6.07) is 11.6. The van der Waals surface area contributed by atoms with Gasteiger partial charge in [0.2, 0.25) is 5.91 Å². The van der Waals surface area contributed by atoms with Crippen molar-refractivity contribution in [1.29, 1.82) is 0 Å². The van der Waals surface area contributed by atoms with Gasteiger partial charge in [-0.3, -0.25) is 4.79 Å². The molecular formula is C19H17BrFN3O2. The quantitative estimate of drug-likeness (QED) is 0.770. The summed E-state index contributed by atoms with van der Waals surface area (Å²) in [5.74, 6) is -0.358. The van der Waals surface area contributed by atoms with E-state index >= 15 is 0 Å². The largest absolute Gasteiger partial charge is 0.332 e. The molecule has 2 aromatic carbocycles. The minimum absolute atomic E-state index is 0.0252. The maximum Gasteiger partial charge on any atom is 0.322 e. The van der Waals surface area contributed by atoms with Crippen molar-refractivity contribution in [3.63, 3.8) is 0 Å². The SMILES string of the molecule is O=C(Nc1ccccc1Br)N1CC(=O)N2CCc3c(F)cccc3C2C1. The molecule has 0 bridgehead atoms. The maximum atomic E-state index is 14.1. The minimum atomic E-state index is -0.339. The molecule has 7 heteroatoms. The number of urea groups is 1. The van der Waals surface area contributed by atoms with Crippen molar-refractivity contribution < 1.29 is 14.0 Å². The number of halogens is 2. The molecule has 4 rings (SSSR count). The van der Waals surface area contributed by atoms with Gasteiger partial charge in [0.1, 0.15) is 12.4 Å². The van der Waals surface area contributed by atoms with Crippen molar-refractivity contribution >= 4 is 33.6 Å². The van der Waals surface area contributed by atoms with E-state index in [9.17, 15) is 14.0 Å². The van der Waals surface area contributed by atoms with Crippen LogP contribution in [0.3, 0.4) is 0 Å². The van der Waals surface area contributed by atoms with Crippen LogP contribution in [0.1, 0.15) is 17.2 Å². The van der Waals surface area contributed by atoms with Gasteiger partial charge < -0.3 is 15.1 Å². The van der Waals surface area contributed by atoms with E-state index < -0.39 is 0 Å². The normalized spacial score (nSPS) is 19.0. The summed E-state index contributed by atoms with van der Waals surface area (Å²) in [6.07, 6.45) is 0.507. The number of nitrogens with zero attached hydrogens (tertiary/aromatic N) is 2. The lowest BCUT2D eigenvalue weighted by Crippen LogP contribution is -2.56. The first-order chi connectivity index (χ1) is 12.5. The van der Waals surface area contributed by atoms with Gasteiger partial charge in [-0.25, -0.2) is 9.18 Å².